The normalized spacial score (nSPS) is 20.3. The summed E-state index contributed by atoms with van der Waals surface area (Å²) < 4.78 is 0. The molecule has 1 amide bonds. The molecule has 21 heavy (non-hydrogen) atoms. The Bertz CT molecular complexity index is 478. The van der Waals surface area contributed by atoms with Crippen molar-refractivity contribution in [1.82, 2.24) is 9.80 Å². The third-order valence-corrected chi connectivity index (χ3v) is 4.70. The van der Waals surface area contributed by atoms with Crippen molar-refractivity contribution in [3.63, 3.8) is 0 Å². The molecule has 2 aliphatic rings. The predicted molar refractivity (Wildman–Crippen MR) is 85.5 cm³/mol. The Kier molecular flexibility index (Phi) is 4.59. The summed E-state index contributed by atoms with van der Waals surface area (Å²) in [5, 5.41) is 0. The van der Waals surface area contributed by atoms with E-state index < -0.39 is 0 Å². The van der Waals surface area contributed by atoms with Gasteiger partial charge in [0.25, 0.3) is 5.91 Å². The third kappa shape index (κ3) is 3.85. The van der Waals surface area contributed by atoms with Crippen molar-refractivity contribution in [3.05, 3.63) is 35.4 Å². The number of nitrogens with zero attached hydrogens (tertiary/aromatic N) is 2. The fourth-order valence-electron chi connectivity index (χ4n) is 3.09. The van der Waals surface area contributed by atoms with Gasteiger partial charge >= 0.3 is 0 Å². The zero-order chi connectivity index (χ0) is 14.7. The first-order valence-corrected chi connectivity index (χ1v) is 8.37. The van der Waals surface area contributed by atoms with E-state index in [4.69, 9.17) is 0 Å². The second kappa shape index (κ2) is 6.61. The van der Waals surface area contributed by atoms with Crippen molar-refractivity contribution in [2.45, 2.75) is 32.6 Å². The molecular formula is C18H26N2O. The maximum atomic E-state index is 12.6. The van der Waals surface area contributed by atoms with Gasteiger partial charge in [-0.3, -0.25) is 4.79 Å². The molecule has 0 N–H and O–H groups in total. The highest BCUT2D eigenvalue weighted by Gasteiger charge is 2.26. The smallest absolute Gasteiger partial charge is 0.253 e. The lowest BCUT2D eigenvalue weighted by Crippen LogP contribution is -2.35. The molecule has 1 aliphatic heterocycles. The first-order chi connectivity index (χ1) is 10.3. The van der Waals surface area contributed by atoms with E-state index >= 15 is 0 Å². The largest absolute Gasteiger partial charge is 0.337 e. The van der Waals surface area contributed by atoms with E-state index in [9.17, 15) is 4.79 Å². The lowest BCUT2D eigenvalue weighted by atomic mass is 10.1. The van der Waals surface area contributed by atoms with E-state index in [1.165, 1.54) is 24.9 Å². The van der Waals surface area contributed by atoms with Crippen LogP contribution in [0.3, 0.4) is 0 Å². The number of aryl methyl sites for hydroxylation is 1. The van der Waals surface area contributed by atoms with Crippen molar-refractivity contribution in [3.8, 4) is 0 Å². The number of rotatable bonds is 4. The zero-order valence-corrected chi connectivity index (χ0v) is 13.1. The van der Waals surface area contributed by atoms with Gasteiger partial charge in [0.2, 0.25) is 0 Å². The van der Waals surface area contributed by atoms with Crippen molar-refractivity contribution in [1.29, 1.82) is 0 Å². The quantitative estimate of drug-likeness (QED) is 0.850. The fourth-order valence-corrected chi connectivity index (χ4v) is 3.09. The zero-order valence-electron chi connectivity index (χ0n) is 13.1. The molecule has 1 saturated carbocycles. The molecule has 114 valence electrons. The molecule has 1 aliphatic carbocycles. The molecule has 0 radical (unpaired) electrons. The van der Waals surface area contributed by atoms with Gasteiger partial charge in [-0.15, -0.1) is 0 Å². The molecule has 0 atom stereocenters. The minimum atomic E-state index is 0.200. The van der Waals surface area contributed by atoms with Crippen LogP contribution >= 0.6 is 0 Å². The van der Waals surface area contributed by atoms with E-state index in [1.54, 1.807) is 0 Å². The van der Waals surface area contributed by atoms with Crippen LogP contribution in [0.25, 0.3) is 0 Å². The minimum Gasteiger partial charge on any atom is -0.337 e. The van der Waals surface area contributed by atoms with Crippen LogP contribution < -0.4 is 0 Å². The fraction of sp³-hybridized carbons (Fsp3) is 0.611. The van der Waals surface area contributed by atoms with E-state index in [0.717, 1.165) is 50.5 Å². The Hall–Kier alpha value is -1.35. The van der Waals surface area contributed by atoms with Gasteiger partial charge < -0.3 is 9.80 Å². The summed E-state index contributed by atoms with van der Waals surface area (Å²) in [6, 6.07) is 8.11. The van der Waals surface area contributed by atoms with Crippen molar-refractivity contribution < 1.29 is 4.79 Å². The average Bonchev–Trinajstić information content (AvgIpc) is 3.35. The van der Waals surface area contributed by atoms with Crippen LogP contribution in [0.4, 0.5) is 0 Å². The number of amides is 1. The number of carbonyl (C=O) groups is 1. The highest BCUT2D eigenvalue weighted by atomic mass is 16.2. The molecule has 0 unspecified atom stereocenters. The molecule has 1 heterocycles. The molecule has 1 aromatic carbocycles. The number of benzene rings is 1. The summed E-state index contributed by atoms with van der Waals surface area (Å²) in [4.78, 5) is 17.2. The van der Waals surface area contributed by atoms with Crippen LogP contribution in [-0.4, -0.2) is 48.4 Å². The molecular weight excluding hydrogens is 260 g/mol. The van der Waals surface area contributed by atoms with E-state index in [2.05, 4.69) is 24.0 Å². The predicted octanol–water partition coefficient (Wildman–Crippen LogP) is 2.81. The summed E-state index contributed by atoms with van der Waals surface area (Å²) in [6.07, 6.45) is 4.94. The first kappa shape index (κ1) is 14.6. The topological polar surface area (TPSA) is 23.6 Å². The average molecular weight is 286 g/mol. The summed E-state index contributed by atoms with van der Waals surface area (Å²) in [5.74, 6) is 1.14. The van der Waals surface area contributed by atoms with Gasteiger partial charge in [0.1, 0.15) is 0 Å². The van der Waals surface area contributed by atoms with E-state index in [0.29, 0.717) is 0 Å². The number of hydrogen-bond acceptors (Lipinski definition) is 2. The van der Waals surface area contributed by atoms with Crippen LogP contribution in [0, 0.1) is 5.92 Å². The molecule has 0 aromatic heterocycles. The van der Waals surface area contributed by atoms with Gasteiger partial charge in [0.05, 0.1) is 0 Å². The Morgan fingerprint density at radius 3 is 2.52 bits per heavy atom. The lowest BCUT2D eigenvalue weighted by Gasteiger charge is -2.22. The molecule has 1 saturated heterocycles. The minimum absolute atomic E-state index is 0.200. The van der Waals surface area contributed by atoms with Gasteiger partial charge in [-0.25, -0.2) is 0 Å². The van der Waals surface area contributed by atoms with Crippen LogP contribution in [0.15, 0.2) is 24.3 Å². The first-order valence-electron chi connectivity index (χ1n) is 8.37. The molecule has 3 heteroatoms. The van der Waals surface area contributed by atoms with Gasteiger partial charge in [-0.1, -0.05) is 19.1 Å². The molecule has 0 bridgehead atoms. The maximum absolute atomic E-state index is 12.6. The summed E-state index contributed by atoms with van der Waals surface area (Å²) in [7, 11) is 0. The summed E-state index contributed by atoms with van der Waals surface area (Å²) in [5.41, 5.74) is 2.13. The molecule has 3 nitrogen and oxygen atoms in total. The van der Waals surface area contributed by atoms with Gasteiger partial charge in [-0.2, -0.15) is 0 Å². The second-order valence-electron chi connectivity index (χ2n) is 6.44. The van der Waals surface area contributed by atoms with Crippen LogP contribution in [0.2, 0.25) is 0 Å². The maximum Gasteiger partial charge on any atom is 0.253 e. The monoisotopic (exact) mass is 286 g/mol. The number of hydrogen-bond donors (Lipinski definition) is 0. The highest BCUT2D eigenvalue weighted by Crippen LogP contribution is 2.30. The molecule has 2 fully saturated rings. The lowest BCUT2D eigenvalue weighted by molar-refractivity contribution is 0.0761. The van der Waals surface area contributed by atoms with Crippen LogP contribution in [0.1, 0.15) is 42.1 Å². The Morgan fingerprint density at radius 1 is 1.10 bits per heavy atom. The van der Waals surface area contributed by atoms with Crippen LogP contribution in [0.5, 0.6) is 0 Å². The van der Waals surface area contributed by atoms with Gasteiger partial charge in [0, 0.05) is 31.7 Å². The van der Waals surface area contributed by atoms with Gasteiger partial charge in [0.15, 0.2) is 0 Å². The Morgan fingerprint density at radius 2 is 1.86 bits per heavy atom. The third-order valence-electron chi connectivity index (χ3n) is 4.70. The SMILES string of the molecule is CCc1ccc(C(=O)N2CCCN(CC3CC3)CC2)cc1. The van der Waals surface area contributed by atoms with Crippen molar-refractivity contribution in [2.24, 2.45) is 5.92 Å². The van der Waals surface area contributed by atoms with Gasteiger partial charge in [-0.05, 0) is 55.8 Å². The molecule has 3 rings (SSSR count). The standard InChI is InChI=1S/C18H26N2O/c1-2-15-6-8-17(9-7-15)18(21)20-11-3-10-19(12-13-20)14-16-4-5-16/h6-9,16H,2-5,10-14H2,1H3. The Labute approximate surface area is 127 Å². The second-order valence-corrected chi connectivity index (χ2v) is 6.44. The highest BCUT2D eigenvalue weighted by molar-refractivity contribution is 5.94. The Balaban J connectivity index is 1.58. The summed E-state index contributed by atoms with van der Waals surface area (Å²) >= 11 is 0. The van der Waals surface area contributed by atoms with E-state index in [-0.39, 0.29) is 5.91 Å². The van der Waals surface area contributed by atoms with E-state index in [1.807, 2.05) is 17.0 Å². The van der Waals surface area contributed by atoms with Crippen LogP contribution in [-0.2, 0) is 6.42 Å². The molecule has 0 spiro atoms. The van der Waals surface area contributed by atoms with Crippen molar-refractivity contribution in [2.75, 3.05) is 32.7 Å². The number of carbonyl (C=O) groups excluding carboxylic acids is 1. The molecule has 1 aromatic rings. The van der Waals surface area contributed by atoms with Crippen molar-refractivity contribution >= 4 is 5.91 Å². The summed E-state index contributed by atoms with van der Waals surface area (Å²) in [6.45, 7) is 7.34.